The van der Waals surface area contributed by atoms with E-state index in [2.05, 4.69) is 6.08 Å². The summed E-state index contributed by atoms with van der Waals surface area (Å²) >= 11 is 0. The SMILES string of the molecule is CC(C)=CCC[C@]1(C)Oc2ccc(-c3coc4cc(O)cc(O)c4c3=O)cc2[C@H](O)[C@H]1O. The summed E-state index contributed by atoms with van der Waals surface area (Å²) in [7, 11) is 0. The van der Waals surface area contributed by atoms with Gasteiger partial charge in [0.1, 0.15) is 52.3 Å². The maximum absolute atomic E-state index is 13.0. The van der Waals surface area contributed by atoms with E-state index in [4.69, 9.17) is 9.15 Å². The Hall–Kier alpha value is -3.29. The fraction of sp³-hybridized carbons (Fsp3) is 0.320. The maximum Gasteiger partial charge on any atom is 0.204 e. The molecule has 1 aliphatic heterocycles. The van der Waals surface area contributed by atoms with Crippen LogP contribution in [0.3, 0.4) is 0 Å². The van der Waals surface area contributed by atoms with Crippen LogP contribution >= 0.6 is 0 Å². The third-order valence-corrected chi connectivity index (χ3v) is 5.94. The minimum atomic E-state index is -1.20. The third kappa shape index (κ3) is 3.74. The van der Waals surface area contributed by atoms with Gasteiger partial charge in [-0.2, -0.15) is 0 Å². The zero-order chi connectivity index (χ0) is 23.2. The Morgan fingerprint density at radius 2 is 1.91 bits per heavy atom. The van der Waals surface area contributed by atoms with Crippen LogP contribution in [0.1, 0.15) is 45.3 Å². The number of hydrogen-bond donors (Lipinski definition) is 4. The molecule has 0 amide bonds. The van der Waals surface area contributed by atoms with E-state index in [1.807, 2.05) is 13.8 Å². The topological polar surface area (TPSA) is 120 Å². The van der Waals surface area contributed by atoms with Crippen molar-refractivity contribution in [1.29, 1.82) is 0 Å². The average molecular weight is 438 g/mol. The molecule has 7 heteroatoms. The molecule has 3 atom stereocenters. The summed E-state index contributed by atoms with van der Waals surface area (Å²) in [5, 5.41) is 41.3. The molecule has 7 nitrogen and oxygen atoms in total. The van der Waals surface area contributed by atoms with Gasteiger partial charge in [0.25, 0.3) is 0 Å². The molecule has 2 aromatic carbocycles. The monoisotopic (exact) mass is 438 g/mol. The zero-order valence-electron chi connectivity index (χ0n) is 18.1. The number of aromatic hydroxyl groups is 2. The highest BCUT2D eigenvalue weighted by molar-refractivity contribution is 5.88. The van der Waals surface area contributed by atoms with Crippen molar-refractivity contribution in [2.24, 2.45) is 0 Å². The number of benzene rings is 2. The van der Waals surface area contributed by atoms with Crippen LogP contribution in [-0.4, -0.2) is 32.1 Å². The van der Waals surface area contributed by atoms with Crippen molar-refractivity contribution >= 4 is 11.0 Å². The molecule has 3 aromatic rings. The predicted octanol–water partition coefficient (Wildman–Crippen LogP) is 4.16. The molecule has 168 valence electrons. The molecule has 2 heterocycles. The van der Waals surface area contributed by atoms with E-state index >= 15 is 0 Å². The van der Waals surface area contributed by atoms with Crippen molar-refractivity contribution in [1.82, 2.24) is 0 Å². The Labute approximate surface area is 184 Å². The Kier molecular flexibility index (Phi) is 5.48. The standard InChI is InChI=1S/C25H26O7/c1-13(2)5-4-8-25(3)24(30)23(29)16-9-14(6-7-19(16)32-25)17-12-31-20-11-15(26)10-18(27)21(20)22(17)28/h5-7,9-12,23-24,26-27,29-30H,4,8H2,1-3H3/t23-,24+,25-/m0/s1. The Morgan fingerprint density at radius 3 is 2.62 bits per heavy atom. The van der Waals surface area contributed by atoms with Crippen LogP contribution in [-0.2, 0) is 0 Å². The van der Waals surface area contributed by atoms with Crippen molar-refractivity contribution < 1.29 is 29.6 Å². The highest BCUT2D eigenvalue weighted by Gasteiger charge is 2.45. The molecular formula is C25H26O7. The van der Waals surface area contributed by atoms with Crippen LogP contribution in [0.2, 0.25) is 0 Å². The van der Waals surface area contributed by atoms with Crippen LogP contribution in [0.5, 0.6) is 17.2 Å². The molecule has 0 radical (unpaired) electrons. The molecule has 0 unspecified atom stereocenters. The Morgan fingerprint density at radius 1 is 1.16 bits per heavy atom. The second kappa shape index (κ2) is 8.00. The van der Waals surface area contributed by atoms with E-state index in [0.29, 0.717) is 29.7 Å². The maximum atomic E-state index is 13.0. The number of ether oxygens (including phenoxy) is 1. The zero-order valence-corrected chi connectivity index (χ0v) is 18.1. The van der Waals surface area contributed by atoms with Gasteiger partial charge in [-0.15, -0.1) is 0 Å². The number of allylic oxidation sites excluding steroid dienone is 2. The molecule has 0 saturated carbocycles. The molecule has 0 fully saturated rings. The fourth-order valence-corrected chi connectivity index (χ4v) is 4.12. The van der Waals surface area contributed by atoms with Gasteiger partial charge >= 0.3 is 0 Å². The summed E-state index contributed by atoms with van der Waals surface area (Å²) in [4.78, 5) is 13.0. The Balaban J connectivity index is 1.74. The first-order chi connectivity index (χ1) is 15.1. The summed E-state index contributed by atoms with van der Waals surface area (Å²) in [6.45, 7) is 5.77. The van der Waals surface area contributed by atoms with Gasteiger partial charge in [0.05, 0.1) is 5.56 Å². The lowest BCUT2D eigenvalue weighted by molar-refractivity contribution is -0.123. The van der Waals surface area contributed by atoms with Crippen molar-refractivity contribution in [2.75, 3.05) is 0 Å². The average Bonchev–Trinajstić information content (AvgIpc) is 2.71. The van der Waals surface area contributed by atoms with E-state index in [-0.39, 0.29) is 28.0 Å². The van der Waals surface area contributed by atoms with E-state index in [0.717, 1.165) is 6.07 Å². The van der Waals surface area contributed by atoms with E-state index in [9.17, 15) is 25.2 Å². The van der Waals surface area contributed by atoms with Gasteiger partial charge in [0.2, 0.25) is 5.43 Å². The van der Waals surface area contributed by atoms with Crippen LogP contribution in [0.15, 0.2) is 57.5 Å². The summed E-state index contributed by atoms with van der Waals surface area (Å²) in [6.07, 6.45) is 2.16. The smallest absolute Gasteiger partial charge is 0.204 e. The fourth-order valence-electron chi connectivity index (χ4n) is 4.12. The molecule has 32 heavy (non-hydrogen) atoms. The highest BCUT2D eigenvalue weighted by Crippen LogP contribution is 2.43. The van der Waals surface area contributed by atoms with Crippen LogP contribution in [0, 0.1) is 0 Å². The lowest BCUT2D eigenvalue weighted by Crippen LogP contribution is -2.51. The summed E-state index contributed by atoms with van der Waals surface area (Å²) in [5.74, 6) is -0.176. The van der Waals surface area contributed by atoms with Gasteiger partial charge in [-0.3, -0.25) is 4.79 Å². The summed E-state index contributed by atoms with van der Waals surface area (Å²) in [5.41, 5.74) is 0.747. The van der Waals surface area contributed by atoms with Crippen molar-refractivity contribution in [2.45, 2.75) is 51.4 Å². The molecule has 4 rings (SSSR count). The summed E-state index contributed by atoms with van der Waals surface area (Å²) < 4.78 is 11.6. The van der Waals surface area contributed by atoms with Crippen LogP contribution < -0.4 is 10.2 Å². The number of phenols is 2. The molecule has 0 bridgehead atoms. The van der Waals surface area contributed by atoms with Crippen molar-refractivity contribution in [3.63, 3.8) is 0 Å². The molecule has 1 aliphatic rings. The van der Waals surface area contributed by atoms with Crippen molar-refractivity contribution in [3.8, 4) is 28.4 Å². The van der Waals surface area contributed by atoms with E-state index in [1.165, 1.54) is 17.9 Å². The van der Waals surface area contributed by atoms with Crippen LogP contribution in [0.25, 0.3) is 22.1 Å². The van der Waals surface area contributed by atoms with Crippen molar-refractivity contribution in [3.05, 3.63) is 64.0 Å². The largest absolute Gasteiger partial charge is 0.508 e. The number of rotatable bonds is 4. The highest BCUT2D eigenvalue weighted by atomic mass is 16.5. The molecule has 1 aromatic heterocycles. The molecule has 0 saturated heterocycles. The summed E-state index contributed by atoms with van der Waals surface area (Å²) in [6, 6.07) is 7.21. The number of aliphatic hydroxyl groups excluding tert-OH is 2. The van der Waals surface area contributed by atoms with Gasteiger partial charge in [-0.1, -0.05) is 17.7 Å². The van der Waals surface area contributed by atoms with Gasteiger partial charge in [0, 0.05) is 17.7 Å². The van der Waals surface area contributed by atoms with E-state index < -0.39 is 23.2 Å². The lowest BCUT2D eigenvalue weighted by Gasteiger charge is -2.42. The predicted molar refractivity (Wildman–Crippen MR) is 120 cm³/mol. The first-order valence-electron chi connectivity index (χ1n) is 10.4. The lowest BCUT2D eigenvalue weighted by atomic mass is 9.83. The third-order valence-electron chi connectivity index (χ3n) is 5.94. The molecule has 0 spiro atoms. The van der Waals surface area contributed by atoms with E-state index in [1.54, 1.807) is 25.1 Å². The number of aliphatic hydroxyl groups is 2. The van der Waals surface area contributed by atoms with Crippen LogP contribution in [0.4, 0.5) is 0 Å². The molecular weight excluding hydrogens is 412 g/mol. The van der Waals surface area contributed by atoms with Gasteiger partial charge in [0.15, 0.2) is 0 Å². The van der Waals surface area contributed by atoms with Gasteiger partial charge < -0.3 is 29.6 Å². The number of phenolic OH excluding ortho intramolecular Hbond substituents is 2. The normalized spacial score (nSPS) is 22.3. The second-order valence-electron chi connectivity index (χ2n) is 8.69. The minimum Gasteiger partial charge on any atom is -0.508 e. The molecule has 4 N–H and O–H groups in total. The first-order valence-corrected chi connectivity index (χ1v) is 10.4. The van der Waals surface area contributed by atoms with Gasteiger partial charge in [-0.25, -0.2) is 0 Å². The minimum absolute atomic E-state index is 0.0540. The first kappa shape index (κ1) is 21.9. The quantitative estimate of drug-likeness (QED) is 0.451. The van der Waals surface area contributed by atoms with Gasteiger partial charge in [-0.05, 0) is 51.3 Å². The second-order valence-corrected chi connectivity index (χ2v) is 8.69. The molecule has 0 aliphatic carbocycles. The Bertz CT molecular complexity index is 1270. The number of fused-ring (bicyclic) bond motifs is 2. The number of hydrogen-bond acceptors (Lipinski definition) is 7.